The van der Waals surface area contributed by atoms with Crippen LogP contribution in [0.4, 0.5) is 29.7 Å². The molecule has 1 unspecified atom stereocenters. The minimum absolute atomic E-state index is 0.0242. The molecule has 12 aromatic heterocycles. The second kappa shape index (κ2) is 45.2. The molecule has 2 aliphatic carbocycles. The fourth-order valence-corrected chi connectivity index (χ4v) is 23.3. The van der Waals surface area contributed by atoms with Crippen LogP contribution in [-0.4, -0.2) is 161 Å². The molecule has 22 rings (SSSR count). The van der Waals surface area contributed by atoms with Gasteiger partial charge in [-0.15, -0.1) is 40.8 Å². The second-order valence-electron chi connectivity index (χ2n) is 34.8. The highest BCUT2D eigenvalue weighted by atomic mass is 32.2. The van der Waals surface area contributed by atoms with Crippen molar-refractivity contribution >= 4 is 107 Å². The van der Waals surface area contributed by atoms with E-state index >= 15 is 0 Å². The van der Waals surface area contributed by atoms with Crippen LogP contribution >= 0.6 is 0 Å². The average molecular weight is 2050 g/mol. The van der Waals surface area contributed by atoms with Gasteiger partial charge < -0.3 is 36.8 Å². The number of sulfone groups is 5. The molecule has 7 N–H and O–H groups in total. The number of anilines is 5. The third-order valence-electron chi connectivity index (χ3n) is 25.0. The van der Waals surface area contributed by atoms with Crippen LogP contribution in [0.5, 0.6) is 0 Å². The van der Waals surface area contributed by atoms with E-state index in [2.05, 4.69) is 87.3 Å². The lowest BCUT2D eigenvalue weighted by molar-refractivity contribution is 0.0955. The lowest BCUT2D eigenvalue weighted by Gasteiger charge is -2.26. The number of aliphatic hydroxyl groups is 2. The van der Waals surface area contributed by atoms with Crippen LogP contribution in [0.25, 0.3) is 50.8 Å². The van der Waals surface area contributed by atoms with Gasteiger partial charge in [-0.25, -0.2) is 51.1 Å². The fourth-order valence-electron chi connectivity index (χ4n) is 16.9. The maximum atomic E-state index is 13.0. The molecule has 0 radical (unpaired) electrons. The molecule has 146 heavy (non-hydrogen) atoms. The summed E-state index contributed by atoms with van der Waals surface area (Å²) in [7, 11) is -18.1. The summed E-state index contributed by atoms with van der Waals surface area (Å²) in [4.78, 5) is 19.6. The molecule has 8 aromatic carbocycles. The van der Waals surface area contributed by atoms with Crippen molar-refractivity contribution in [2.45, 2.75) is 145 Å². The van der Waals surface area contributed by atoms with Gasteiger partial charge in [-0.3, -0.25) is 23.2 Å². The number of rotatable bonds is 29. The molecule has 0 amide bonds. The van der Waals surface area contributed by atoms with Gasteiger partial charge in [0.1, 0.15) is 0 Å². The monoisotopic (exact) mass is 2050 g/mol. The Morgan fingerprint density at radius 2 is 0.603 bits per heavy atom. The van der Waals surface area contributed by atoms with Crippen molar-refractivity contribution in [2.75, 3.05) is 39.7 Å². The van der Waals surface area contributed by atoms with Gasteiger partial charge in [-0.2, -0.15) is 9.97 Å². The van der Waals surface area contributed by atoms with Gasteiger partial charge in [0.05, 0.1) is 91.0 Å². The predicted octanol–water partition coefficient (Wildman–Crippen LogP) is 17.6. The Balaban J connectivity index is 0.000000120. The van der Waals surface area contributed by atoms with Crippen molar-refractivity contribution in [3.05, 3.63) is 388 Å². The maximum absolute atomic E-state index is 13.0. The minimum atomic E-state index is -3.63. The van der Waals surface area contributed by atoms with Gasteiger partial charge in [0.25, 0.3) is 0 Å². The van der Waals surface area contributed by atoms with E-state index in [-0.39, 0.29) is 55.0 Å². The third kappa shape index (κ3) is 23.7. The molecule has 39 heteroatoms. The van der Waals surface area contributed by atoms with Crippen LogP contribution < -0.4 is 26.6 Å². The van der Waals surface area contributed by atoms with Crippen LogP contribution in [0.3, 0.4) is 0 Å². The van der Waals surface area contributed by atoms with E-state index in [9.17, 15) is 52.3 Å². The number of aromatic nitrogens is 17. The Bertz CT molecular complexity index is 8460. The Morgan fingerprint density at radius 1 is 0.301 bits per heavy atom. The lowest BCUT2D eigenvalue weighted by Crippen LogP contribution is -2.30. The number of aliphatic hydroxyl groups excluding tert-OH is 2. The van der Waals surface area contributed by atoms with Gasteiger partial charge in [-0.1, -0.05) is 214 Å². The molecule has 0 aliphatic heterocycles. The van der Waals surface area contributed by atoms with Crippen molar-refractivity contribution in [1.29, 1.82) is 0 Å². The largest absolute Gasteiger partial charge is 0.391 e. The van der Waals surface area contributed by atoms with Gasteiger partial charge in [0.15, 0.2) is 28.2 Å². The maximum Gasteiger partial charge on any atom is 0.243 e. The van der Waals surface area contributed by atoms with Crippen LogP contribution in [-0.2, 0) is 62.3 Å². The summed E-state index contributed by atoms with van der Waals surface area (Å²) in [6, 6.07) is 95.4. The minimum Gasteiger partial charge on any atom is -0.391 e. The first-order valence-corrected chi connectivity index (χ1v) is 54.7. The quantitative estimate of drug-likeness (QED) is 0.0229. The van der Waals surface area contributed by atoms with E-state index < -0.39 is 61.4 Å². The molecule has 2 aliphatic rings. The van der Waals surface area contributed by atoms with E-state index in [0.29, 0.717) is 96.0 Å². The summed E-state index contributed by atoms with van der Waals surface area (Å²) in [5.41, 5.74) is 9.94. The third-order valence-corrected chi connectivity index (χ3v) is 33.8. The van der Waals surface area contributed by atoms with E-state index in [1.807, 2.05) is 122 Å². The number of nitrogens with zero attached hydrogens (tertiary/aromatic N) is 17. The molecule has 20 aromatic rings. The average Bonchev–Trinajstić information content (AvgIpc) is 1.63. The molecule has 742 valence electrons. The number of benzene rings is 8. The Labute approximate surface area is 843 Å². The van der Waals surface area contributed by atoms with E-state index in [1.165, 1.54) is 52.4 Å². The van der Waals surface area contributed by atoms with Crippen molar-refractivity contribution < 1.29 is 52.3 Å². The molecule has 0 spiro atoms. The summed E-state index contributed by atoms with van der Waals surface area (Å²) in [6.45, 7) is 3.79. The molecule has 12 heterocycles. The number of hydrogen-bond donors (Lipinski definition) is 7. The van der Waals surface area contributed by atoms with Crippen molar-refractivity contribution in [1.82, 2.24) is 83.0 Å². The molecule has 3 atom stereocenters. The number of nitrogens with one attached hydrogen (secondary N) is 5. The number of pyridine rings is 7. The van der Waals surface area contributed by atoms with Crippen LogP contribution in [0.1, 0.15) is 87.4 Å². The van der Waals surface area contributed by atoms with Crippen LogP contribution in [0, 0.1) is 11.8 Å². The zero-order valence-electron chi connectivity index (χ0n) is 78.9. The zero-order chi connectivity index (χ0) is 101. The highest BCUT2D eigenvalue weighted by Crippen LogP contribution is 2.34. The Kier molecular flexibility index (Phi) is 30.9. The molecular formula is C107H102N22O12S5. The van der Waals surface area contributed by atoms with Crippen LogP contribution in [0.15, 0.2) is 420 Å². The predicted molar refractivity (Wildman–Crippen MR) is 554 cm³/mol. The first-order chi connectivity index (χ1) is 70.8. The standard InChI is InChI=1S/2C24H19N5O2S.C20H24N4O3S.C20H18N4O2S.C19H22N4O3S/c30-32(31,20-6-2-1-3-7-20)21-13-14-23-27-28-24(29(23)17-21)26-16-18-9-11-19(12-10-18)22-8-4-5-15-25-22;30-32(31,20-6-2-1-3-7-20)21-13-14-23-27-24(28-29(23)17-21)26-16-18-9-11-19(12-10-18)22-8-4-5-15-25-22;25-18(15-7-3-1-4-8-15)13-21-20-23-22-19-12-11-17(14-24(19)20)28(26,27)16-9-5-2-6-10-16;1-15(16-8-4-2-5-9-16)21-20-22-19-13-12-18(14-24(19)23-20)27(25,26)17-10-6-3-7-11-17;24-17(14-6-4-5-7-14)12-20-19-22-21-18-11-10-16(13-23(18)19)27(25,26)15-8-2-1-3-9-15/h2*1-15,17H,16H2,(H,26,28);2,5-6,9-12,14-15,18,25H,1,3-4,7-8,13H2,(H,21,23);2-15H,1H3,(H,21,23);1-3,8-11,13-14,17,24H,4-7,12H2,(H,20,22)/t;;18-;15-;/m..01./s1. The first-order valence-electron chi connectivity index (χ1n) is 47.3. The van der Waals surface area contributed by atoms with Gasteiger partial charge in [-0.05, 0) is 207 Å². The summed E-state index contributed by atoms with van der Waals surface area (Å²) < 4.78 is 136. The smallest absolute Gasteiger partial charge is 0.243 e. The molecule has 2 saturated carbocycles. The zero-order valence-corrected chi connectivity index (χ0v) is 83.0. The Morgan fingerprint density at radius 3 is 0.952 bits per heavy atom. The SMILES string of the molecule is C[C@@H](Nc1nc2ccc(S(=O)(=O)c3ccccc3)cn2n1)c1ccccc1.O=S(=O)(c1ccccc1)c1ccc2nc(NCc3ccc(-c4ccccn4)cc3)nn2c1.O=S(=O)(c1ccccc1)c1ccc2nnc(NCC(O)C3CCCC3)n2c1.O=S(=O)(c1ccccc1)c1ccc2nnc(NC[C@H](O)C3CCCCC3)n2c1.O=S(=O)(c1ccccc1)c1ccc2nnc(NCc3ccc(-c4ccccn4)cc3)n2c1. The summed E-state index contributed by atoms with van der Waals surface area (Å²) >= 11 is 0. The fraction of sp³-hybridized carbons (Fsp3) is 0.178. The van der Waals surface area contributed by atoms with Gasteiger partial charge in [0, 0.05) is 68.3 Å². The number of fused-ring (bicyclic) bond motifs is 5. The summed E-state index contributed by atoms with van der Waals surface area (Å²) in [5.74, 6) is 2.80. The summed E-state index contributed by atoms with van der Waals surface area (Å²) in [5, 5.41) is 70.1. The van der Waals surface area contributed by atoms with Crippen molar-refractivity contribution in [2.24, 2.45) is 11.8 Å². The highest BCUT2D eigenvalue weighted by Gasteiger charge is 2.29. The van der Waals surface area contributed by atoms with Crippen molar-refractivity contribution in [3.63, 3.8) is 0 Å². The first kappa shape index (κ1) is 99.9. The molecule has 34 nitrogen and oxygen atoms in total. The van der Waals surface area contributed by atoms with E-state index in [0.717, 1.165) is 90.6 Å². The Hall–Kier alpha value is -16.2. The summed E-state index contributed by atoms with van der Waals surface area (Å²) in [6.07, 6.45) is 20.3. The molecule has 0 saturated heterocycles. The van der Waals surface area contributed by atoms with E-state index in [1.54, 1.807) is 232 Å². The van der Waals surface area contributed by atoms with E-state index in [4.69, 9.17) is 0 Å². The molecular weight excluding hydrogens is 1950 g/mol. The van der Waals surface area contributed by atoms with Gasteiger partial charge >= 0.3 is 0 Å². The molecule has 2 fully saturated rings. The normalized spacial score (nSPS) is 13.7. The number of hydrogen-bond acceptors (Lipinski definition) is 29. The topological polar surface area (TPSA) is 448 Å². The van der Waals surface area contributed by atoms with Crippen LogP contribution in [0.2, 0.25) is 0 Å². The highest BCUT2D eigenvalue weighted by molar-refractivity contribution is 7.92. The van der Waals surface area contributed by atoms with Gasteiger partial charge in [0.2, 0.25) is 78.9 Å². The van der Waals surface area contributed by atoms with Crippen molar-refractivity contribution in [3.8, 4) is 22.5 Å². The molecule has 0 bridgehead atoms. The second-order valence-corrected chi connectivity index (χ2v) is 44.5. The lowest BCUT2D eigenvalue weighted by atomic mass is 9.85.